The smallest absolute Gasteiger partial charge is 0.134 e. The van der Waals surface area contributed by atoms with Crippen LogP contribution in [0.4, 0.5) is 0 Å². The minimum absolute atomic E-state index is 0.433. The van der Waals surface area contributed by atoms with Crippen LogP contribution in [0.3, 0.4) is 0 Å². The summed E-state index contributed by atoms with van der Waals surface area (Å²) >= 11 is 3.62. The number of nitrogens with two attached hydrogens (primary N) is 1. The van der Waals surface area contributed by atoms with Gasteiger partial charge in [0, 0.05) is 12.0 Å². The number of hydrogen-bond acceptors (Lipinski definition) is 4. The molecule has 2 nitrogen and oxygen atoms in total. The molecular formula is C11H14N2S2. The van der Waals surface area contributed by atoms with Crippen LogP contribution in [0, 0.1) is 0 Å². The van der Waals surface area contributed by atoms with E-state index in [1.807, 2.05) is 11.3 Å². The Balaban J connectivity index is 1.84. The Kier molecular flexibility index (Phi) is 2.50. The summed E-state index contributed by atoms with van der Waals surface area (Å²) in [5.41, 5.74) is 5.92. The minimum atomic E-state index is 0.433. The van der Waals surface area contributed by atoms with Gasteiger partial charge in [0.2, 0.25) is 0 Å². The molecule has 4 heteroatoms. The molecule has 3 rings (SSSR count). The lowest BCUT2D eigenvalue weighted by atomic mass is 9.87. The van der Waals surface area contributed by atoms with Crippen molar-refractivity contribution in [2.24, 2.45) is 5.73 Å². The number of rotatable bonds is 1. The van der Waals surface area contributed by atoms with Gasteiger partial charge in [-0.25, -0.2) is 4.98 Å². The minimum Gasteiger partial charge on any atom is -0.328 e. The first-order chi connectivity index (χ1) is 7.33. The molecule has 2 heterocycles. The van der Waals surface area contributed by atoms with Crippen LogP contribution in [0.2, 0.25) is 0 Å². The summed E-state index contributed by atoms with van der Waals surface area (Å²) in [5, 5.41) is 3.46. The highest BCUT2D eigenvalue weighted by atomic mass is 32.1. The first kappa shape index (κ1) is 9.75. The van der Waals surface area contributed by atoms with Crippen LogP contribution in [0.25, 0.3) is 9.53 Å². The number of aromatic nitrogens is 1. The average molecular weight is 238 g/mol. The van der Waals surface area contributed by atoms with Gasteiger partial charge in [-0.1, -0.05) is 0 Å². The second-order valence-corrected chi connectivity index (χ2v) is 6.21. The Bertz CT molecular complexity index is 423. The maximum atomic E-state index is 5.92. The largest absolute Gasteiger partial charge is 0.328 e. The van der Waals surface area contributed by atoms with Gasteiger partial charge >= 0.3 is 0 Å². The molecule has 0 spiro atoms. The zero-order valence-corrected chi connectivity index (χ0v) is 10.1. The van der Waals surface area contributed by atoms with E-state index in [4.69, 9.17) is 10.7 Å². The Morgan fingerprint density at radius 1 is 1.27 bits per heavy atom. The van der Waals surface area contributed by atoms with Crippen LogP contribution in [0.1, 0.15) is 36.6 Å². The van der Waals surface area contributed by atoms with E-state index >= 15 is 0 Å². The van der Waals surface area contributed by atoms with E-state index in [1.165, 1.54) is 27.4 Å². The van der Waals surface area contributed by atoms with Crippen molar-refractivity contribution in [2.45, 2.75) is 37.6 Å². The molecule has 0 saturated heterocycles. The molecule has 0 radical (unpaired) electrons. The van der Waals surface area contributed by atoms with Crippen LogP contribution < -0.4 is 5.73 Å². The number of nitrogens with zero attached hydrogens (tertiary/aromatic N) is 1. The zero-order valence-electron chi connectivity index (χ0n) is 8.48. The average Bonchev–Trinajstić information content (AvgIpc) is 2.78. The quantitative estimate of drug-likeness (QED) is 0.827. The van der Waals surface area contributed by atoms with Gasteiger partial charge in [0.05, 0.1) is 9.71 Å². The van der Waals surface area contributed by atoms with Crippen molar-refractivity contribution in [1.82, 2.24) is 4.98 Å². The van der Waals surface area contributed by atoms with Crippen molar-refractivity contribution in [3.05, 3.63) is 16.5 Å². The maximum Gasteiger partial charge on any atom is 0.134 e. The molecule has 2 aromatic rings. The van der Waals surface area contributed by atoms with E-state index in [1.54, 1.807) is 11.3 Å². The lowest BCUT2D eigenvalue weighted by molar-refractivity contribution is 0.395. The Morgan fingerprint density at radius 3 is 2.80 bits per heavy atom. The first-order valence-corrected chi connectivity index (χ1v) is 7.12. The van der Waals surface area contributed by atoms with Crippen LogP contribution >= 0.6 is 22.7 Å². The van der Waals surface area contributed by atoms with Crippen molar-refractivity contribution in [3.63, 3.8) is 0 Å². The van der Waals surface area contributed by atoms with Crippen LogP contribution in [-0.4, -0.2) is 11.0 Å². The third-order valence-electron chi connectivity index (χ3n) is 3.16. The highest BCUT2D eigenvalue weighted by Crippen LogP contribution is 2.37. The fraction of sp³-hybridized carbons (Fsp3) is 0.545. The van der Waals surface area contributed by atoms with Gasteiger partial charge in [0.25, 0.3) is 0 Å². The highest BCUT2D eigenvalue weighted by Gasteiger charge is 2.22. The SMILES string of the molecule is NC1CCC(c2nc3sccc3s2)CC1. The monoisotopic (exact) mass is 238 g/mol. The fourth-order valence-electron chi connectivity index (χ4n) is 2.23. The second-order valence-electron chi connectivity index (χ2n) is 4.25. The molecule has 0 aliphatic heterocycles. The number of hydrogen-bond donors (Lipinski definition) is 1. The van der Waals surface area contributed by atoms with Crippen molar-refractivity contribution in [2.75, 3.05) is 0 Å². The maximum absolute atomic E-state index is 5.92. The molecule has 2 aromatic heterocycles. The standard InChI is InChI=1S/C11H14N2S2/c12-8-3-1-7(2-4-8)10-13-11-9(15-10)5-6-14-11/h5-8H,1-4,12H2. The predicted molar refractivity (Wildman–Crippen MR) is 66.7 cm³/mol. The fourth-order valence-corrected chi connectivity index (χ4v) is 4.34. The molecule has 80 valence electrons. The van der Waals surface area contributed by atoms with E-state index < -0.39 is 0 Å². The van der Waals surface area contributed by atoms with E-state index in [-0.39, 0.29) is 0 Å². The topological polar surface area (TPSA) is 38.9 Å². The molecule has 15 heavy (non-hydrogen) atoms. The van der Waals surface area contributed by atoms with Gasteiger partial charge < -0.3 is 5.73 Å². The Hall–Kier alpha value is -0.450. The molecular weight excluding hydrogens is 224 g/mol. The Labute approximate surface area is 97.1 Å². The summed E-state index contributed by atoms with van der Waals surface area (Å²) in [6, 6.07) is 2.61. The number of thiazole rings is 1. The summed E-state index contributed by atoms with van der Waals surface area (Å²) in [6.07, 6.45) is 4.78. The van der Waals surface area contributed by atoms with E-state index in [0.717, 1.165) is 12.8 Å². The number of fused-ring (bicyclic) bond motifs is 1. The van der Waals surface area contributed by atoms with Gasteiger partial charge in [-0.15, -0.1) is 22.7 Å². The molecule has 2 N–H and O–H groups in total. The van der Waals surface area contributed by atoms with Crippen molar-refractivity contribution >= 4 is 32.2 Å². The number of thiophene rings is 1. The van der Waals surface area contributed by atoms with Gasteiger partial charge in [-0.3, -0.25) is 0 Å². The predicted octanol–water partition coefficient (Wildman–Crippen LogP) is 3.34. The lowest BCUT2D eigenvalue weighted by Crippen LogP contribution is -2.25. The zero-order chi connectivity index (χ0) is 10.3. The highest BCUT2D eigenvalue weighted by molar-refractivity contribution is 7.26. The first-order valence-electron chi connectivity index (χ1n) is 5.42. The molecule has 0 bridgehead atoms. The molecule has 0 aromatic carbocycles. The van der Waals surface area contributed by atoms with Gasteiger partial charge in [-0.05, 0) is 37.1 Å². The van der Waals surface area contributed by atoms with Crippen LogP contribution in [0.5, 0.6) is 0 Å². The summed E-state index contributed by atoms with van der Waals surface area (Å²) in [5.74, 6) is 0.675. The van der Waals surface area contributed by atoms with Crippen molar-refractivity contribution in [3.8, 4) is 0 Å². The van der Waals surface area contributed by atoms with Gasteiger partial charge in [0.1, 0.15) is 4.83 Å². The van der Waals surface area contributed by atoms with Crippen LogP contribution in [0.15, 0.2) is 11.4 Å². The molecule has 1 aliphatic carbocycles. The summed E-state index contributed by atoms with van der Waals surface area (Å²) in [7, 11) is 0. The third kappa shape index (κ3) is 1.82. The summed E-state index contributed by atoms with van der Waals surface area (Å²) < 4.78 is 1.35. The van der Waals surface area contributed by atoms with E-state index in [0.29, 0.717) is 12.0 Å². The molecule has 0 amide bonds. The molecule has 1 aliphatic rings. The van der Waals surface area contributed by atoms with Crippen molar-refractivity contribution < 1.29 is 0 Å². The normalized spacial score (nSPS) is 27.3. The Morgan fingerprint density at radius 2 is 2.07 bits per heavy atom. The molecule has 1 saturated carbocycles. The van der Waals surface area contributed by atoms with E-state index in [9.17, 15) is 0 Å². The molecule has 1 fully saturated rings. The van der Waals surface area contributed by atoms with Crippen LogP contribution in [-0.2, 0) is 0 Å². The lowest BCUT2D eigenvalue weighted by Gasteiger charge is -2.24. The van der Waals surface area contributed by atoms with E-state index in [2.05, 4.69) is 11.4 Å². The molecule has 0 unspecified atom stereocenters. The molecule has 0 atom stereocenters. The summed E-state index contributed by atoms with van der Waals surface area (Å²) in [4.78, 5) is 5.93. The third-order valence-corrected chi connectivity index (χ3v) is 5.28. The van der Waals surface area contributed by atoms with Gasteiger partial charge in [0.15, 0.2) is 0 Å². The second kappa shape index (κ2) is 3.85. The summed E-state index contributed by atoms with van der Waals surface area (Å²) in [6.45, 7) is 0. The van der Waals surface area contributed by atoms with Crippen molar-refractivity contribution in [1.29, 1.82) is 0 Å². The van der Waals surface area contributed by atoms with Gasteiger partial charge in [-0.2, -0.15) is 0 Å².